The van der Waals surface area contributed by atoms with Crippen LogP contribution in [0.4, 0.5) is 0 Å². The molecule has 3 rings (SSSR count). The van der Waals surface area contributed by atoms with Gasteiger partial charge in [-0.2, -0.15) is 0 Å². The van der Waals surface area contributed by atoms with Crippen LogP contribution in [0.1, 0.15) is 53.4 Å². The minimum absolute atomic E-state index is 0.0817. The maximum absolute atomic E-state index is 12.3. The zero-order chi connectivity index (χ0) is 14.0. The van der Waals surface area contributed by atoms with Crippen molar-refractivity contribution in [2.75, 3.05) is 7.05 Å². The fraction of sp³-hybridized carbons (Fsp3) is 0.938. The molecule has 0 amide bonds. The average Bonchev–Trinajstić information content (AvgIpc) is 2.92. The molecule has 19 heavy (non-hydrogen) atoms. The van der Waals surface area contributed by atoms with Gasteiger partial charge in [-0.15, -0.1) is 0 Å². The van der Waals surface area contributed by atoms with Crippen LogP contribution in [0, 0.1) is 11.3 Å². The third-order valence-electron chi connectivity index (χ3n) is 6.08. The van der Waals surface area contributed by atoms with Crippen LogP contribution in [0.5, 0.6) is 0 Å². The smallest absolute Gasteiger partial charge is 0.138 e. The van der Waals surface area contributed by atoms with Gasteiger partial charge in [-0.05, 0) is 38.6 Å². The first-order chi connectivity index (χ1) is 8.74. The van der Waals surface area contributed by atoms with Gasteiger partial charge < -0.3 is 4.74 Å². The van der Waals surface area contributed by atoms with Crippen LogP contribution in [-0.2, 0) is 9.53 Å². The Kier molecular flexibility index (Phi) is 2.89. The number of epoxide rings is 1. The third-order valence-corrected chi connectivity index (χ3v) is 6.08. The summed E-state index contributed by atoms with van der Waals surface area (Å²) in [6.45, 7) is 8.97. The van der Waals surface area contributed by atoms with Crippen molar-refractivity contribution < 1.29 is 9.53 Å². The number of rotatable bonds is 0. The Bertz CT molecular complexity index is 406. The van der Waals surface area contributed by atoms with Crippen LogP contribution in [0.3, 0.4) is 0 Å². The molecule has 0 aromatic carbocycles. The summed E-state index contributed by atoms with van der Waals surface area (Å²) in [4.78, 5) is 14.8. The molecule has 0 N–H and O–H groups in total. The fourth-order valence-corrected chi connectivity index (χ4v) is 4.42. The highest BCUT2D eigenvalue weighted by atomic mass is 16.6. The predicted octanol–water partition coefficient (Wildman–Crippen LogP) is 2.63. The van der Waals surface area contributed by atoms with Gasteiger partial charge in [0.25, 0.3) is 0 Å². The summed E-state index contributed by atoms with van der Waals surface area (Å²) in [5, 5.41) is 0. The number of carbonyl (C=O) groups excluding carboxylic acids is 1. The first-order valence-corrected chi connectivity index (χ1v) is 7.67. The second-order valence-electron chi connectivity index (χ2n) is 7.86. The van der Waals surface area contributed by atoms with Crippen molar-refractivity contribution in [3.05, 3.63) is 0 Å². The van der Waals surface area contributed by atoms with E-state index in [2.05, 4.69) is 39.6 Å². The van der Waals surface area contributed by atoms with Crippen LogP contribution >= 0.6 is 0 Å². The summed E-state index contributed by atoms with van der Waals surface area (Å²) >= 11 is 0. The SMILES string of the molecule is CC1C(=O)CC2N(C)C1CCC1(C)OC1CC2(C)C. The lowest BCUT2D eigenvalue weighted by atomic mass is 9.72. The highest BCUT2D eigenvalue weighted by Crippen LogP contribution is 2.51. The molecule has 2 bridgehead atoms. The highest BCUT2D eigenvalue weighted by Gasteiger charge is 2.57. The Hall–Kier alpha value is -0.410. The highest BCUT2D eigenvalue weighted by molar-refractivity contribution is 5.83. The van der Waals surface area contributed by atoms with Crippen LogP contribution in [0.15, 0.2) is 0 Å². The van der Waals surface area contributed by atoms with Crippen molar-refractivity contribution in [2.45, 2.75) is 77.2 Å². The lowest BCUT2D eigenvalue weighted by Crippen LogP contribution is -2.56. The summed E-state index contributed by atoms with van der Waals surface area (Å²) in [6, 6.07) is 0.762. The van der Waals surface area contributed by atoms with Crippen LogP contribution < -0.4 is 0 Å². The van der Waals surface area contributed by atoms with Gasteiger partial charge in [-0.25, -0.2) is 0 Å². The maximum atomic E-state index is 12.3. The Balaban J connectivity index is 1.94. The molecule has 0 aliphatic carbocycles. The van der Waals surface area contributed by atoms with Crippen LogP contribution in [-0.4, -0.2) is 41.5 Å². The molecule has 3 saturated heterocycles. The number of nitrogens with zero attached hydrogens (tertiary/aromatic N) is 1. The first kappa shape index (κ1) is 13.6. The standard InChI is InChI=1S/C16H27NO2/c1-10-11-6-7-16(4)14(19-16)9-15(2,3)13(17(11)5)8-12(10)18/h10-11,13-14H,6-9H2,1-5H3. The van der Waals surface area contributed by atoms with Gasteiger partial charge in [0.05, 0.1) is 11.7 Å². The zero-order valence-corrected chi connectivity index (χ0v) is 12.9. The Labute approximate surface area is 116 Å². The Morgan fingerprint density at radius 3 is 2.68 bits per heavy atom. The number of ketones is 1. The largest absolute Gasteiger partial charge is 0.366 e. The molecular weight excluding hydrogens is 238 g/mol. The van der Waals surface area contributed by atoms with Crippen molar-refractivity contribution in [2.24, 2.45) is 11.3 Å². The van der Waals surface area contributed by atoms with Crippen LogP contribution in [0.2, 0.25) is 0 Å². The number of fused-ring (bicyclic) bond motifs is 3. The van der Waals surface area contributed by atoms with Crippen LogP contribution in [0.25, 0.3) is 0 Å². The summed E-state index contributed by atoms with van der Waals surface area (Å²) in [5.41, 5.74) is 0.230. The number of Topliss-reactive ketones (excluding diaryl/α,β-unsaturated/α-hetero) is 1. The molecule has 0 aromatic rings. The van der Waals surface area contributed by atoms with E-state index in [4.69, 9.17) is 4.74 Å². The summed E-state index contributed by atoms with van der Waals surface area (Å²) in [5.74, 6) is 0.638. The van der Waals surface area contributed by atoms with E-state index in [1.165, 1.54) is 0 Å². The maximum Gasteiger partial charge on any atom is 0.138 e. The zero-order valence-electron chi connectivity index (χ0n) is 12.9. The van der Waals surface area contributed by atoms with Crippen molar-refractivity contribution in [3.63, 3.8) is 0 Å². The fourth-order valence-electron chi connectivity index (χ4n) is 4.42. The number of carbonyl (C=O) groups is 1. The predicted molar refractivity (Wildman–Crippen MR) is 75.0 cm³/mol. The molecule has 0 spiro atoms. The second-order valence-corrected chi connectivity index (χ2v) is 7.86. The lowest BCUT2D eigenvalue weighted by Gasteiger charge is -2.48. The van der Waals surface area contributed by atoms with Gasteiger partial charge in [0.15, 0.2) is 0 Å². The molecule has 3 aliphatic rings. The molecule has 3 aliphatic heterocycles. The molecule has 0 saturated carbocycles. The molecule has 5 unspecified atom stereocenters. The lowest BCUT2D eigenvalue weighted by molar-refractivity contribution is -0.134. The summed E-state index contributed by atoms with van der Waals surface area (Å²) in [6.07, 6.45) is 4.37. The van der Waals surface area contributed by atoms with Gasteiger partial charge in [-0.3, -0.25) is 9.69 Å². The molecular formula is C16H27NO2. The van der Waals surface area contributed by atoms with Crippen molar-refractivity contribution in [3.8, 4) is 0 Å². The quantitative estimate of drug-likeness (QED) is 0.631. The topological polar surface area (TPSA) is 32.8 Å². The summed E-state index contributed by atoms with van der Waals surface area (Å²) in [7, 11) is 2.22. The Morgan fingerprint density at radius 2 is 2.00 bits per heavy atom. The third kappa shape index (κ3) is 2.06. The minimum Gasteiger partial charge on any atom is -0.366 e. The van der Waals surface area contributed by atoms with Crippen molar-refractivity contribution in [1.29, 1.82) is 0 Å². The van der Waals surface area contributed by atoms with E-state index in [9.17, 15) is 4.79 Å². The van der Waals surface area contributed by atoms with Gasteiger partial charge in [0.1, 0.15) is 5.78 Å². The number of ether oxygens (including phenoxy) is 1. The molecule has 3 heterocycles. The summed E-state index contributed by atoms with van der Waals surface area (Å²) < 4.78 is 5.98. The van der Waals surface area contributed by atoms with Gasteiger partial charge in [0.2, 0.25) is 0 Å². The first-order valence-electron chi connectivity index (χ1n) is 7.67. The molecule has 3 nitrogen and oxygen atoms in total. The Morgan fingerprint density at radius 1 is 1.32 bits per heavy atom. The van der Waals surface area contributed by atoms with Crippen molar-refractivity contribution in [1.82, 2.24) is 4.90 Å². The van der Waals surface area contributed by atoms with E-state index >= 15 is 0 Å². The molecule has 5 atom stereocenters. The molecule has 3 heteroatoms. The number of hydrogen-bond acceptors (Lipinski definition) is 3. The minimum atomic E-state index is 0.0817. The monoisotopic (exact) mass is 265 g/mol. The van der Waals surface area contributed by atoms with E-state index in [1.54, 1.807) is 0 Å². The normalized spacial score (nSPS) is 49.8. The van der Waals surface area contributed by atoms with E-state index in [0.717, 1.165) is 19.3 Å². The van der Waals surface area contributed by atoms with Crippen molar-refractivity contribution >= 4 is 5.78 Å². The molecule has 3 fully saturated rings. The van der Waals surface area contributed by atoms with Gasteiger partial charge in [0, 0.05) is 24.4 Å². The van der Waals surface area contributed by atoms with Gasteiger partial charge in [-0.1, -0.05) is 20.8 Å². The molecule has 0 radical (unpaired) electrons. The van der Waals surface area contributed by atoms with E-state index < -0.39 is 0 Å². The molecule has 0 aromatic heterocycles. The average molecular weight is 265 g/mol. The van der Waals surface area contributed by atoms with E-state index in [0.29, 0.717) is 30.4 Å². The van der Waals surface area contributed by atoms with E-state index in [-0.39, 0.29) is 16.9 Å². The van der Waals surface area contributed by atoms with E-state index in [1.807, 2.05) is 0 Å². The second kappa shape index (κ2) is 4.05. The number of piperidine rings is 1. The van der Waals surface area contributed by atoms with Gasteiger partial charge >= 0.3 is 0 Å². The number of hydrogen-bond donors (Lipinski definition) is 0. The molecule has 108 valence electrons.